The maximum Gasteiger partial charge on any atom is 0.340 e. The van der Waals surface area contributed by atoms with Crippen LogP contribution in [0.2, 0.25) is 10.0 Å². The Labute approximate surface area is 157 Å². The van der Waals surface area contributed by atoms with Crippen molar-refractivity contribution in [2.75, 3.05) is 11.9 Å². The number of non-ortho nitro benzene ring substituents is 1. The first-order valence-electron chi connectivity index (χ1n) is 6.93. The van der Waals surface area contributed by atoms with E-state index in [0.29, 0.717) is 0 Å². The van der Waals surface area contributed by atoms with E-state index in [1.165, 1.54) is 24.3 Å². The molecule has 0 radical (unpaired) electrons. The highest BCUT2D eigenvalue weighted by atomic mass is 35.5. The molecule has 2 aromatic rings. The van der Waals surface area contributed by atoms with Crippen molar-refractivity contribution >= 4 is 46.5 Å². The van der Waals surface area contributed by atoms with E-state index in [9.17, 15) is 19.7 Å². The van der Waals surface area contributed by atoms with Crippen LogP contribution in [0.1, 0.15) is 15.9 Å². The Morgan fingerprint density at radius 3 is 2.65 bits per heavy atom. The molecule has 0 unspecified atom stereocenters. The van der Waals surface area contributed by atoms with Gasteiger partial charge in [-0.05, 0) is 18.2 Å². The topological polar surface area (TPSA) is 122 Å². The Kier molecular flexibility index (Phi) is 6.11. The van der Waals surface area contributed by atoms with E-state index in [2.05, 4.69) is 5.32 Å². The zero-order chi connectivity index (χ0) is 19.3. The van der Waals surface area contributed by atoms with Crippen LogP contribution in [0.3, 0.4) is 0 Å². The zero-order valence-corrected chi connectivity index (χ0v) is 14.4. The summed E-state index contributed by atoms with van der Waals surface area (Å²) in [5, 5.41) is 22.2. The summed E-state index contributed by atoms with van der Waals surface area (Å²) in [6.07, 6.45) is 0. The Morgan fingerprint density at radius 1 is 1.27 bits per heavy atom. The van der Waals surface area contributed by atoms with Crippen LogP contribution in [0, 0.1) is 21.4 Å². The van der Waals surface area contributed by atoms with Crippen LogP contribution < -0.4 is 5.32 Å². The second-order valence-corrected chi connectivity index (χ2v) is 5.61. The summed E-state index contributed by atoms with van der Waals surface area (Å²) in [5.41, 5.74) is -0.335. The minimum atomic E-state index is -0.850. The molecule has 10 heteroatoms. The molecule has 1 N–H and O–H groups in total. The highest BCUT2D eigenvalue weighted by molar-refractivity contribution is 6.43. The molecule has 0 fully saturated rings. The van der Waals surface area contributed by atoms with E-state index in [1.807, 2.05) is 0 Å². The average Bonchev–Trinajstić information content (AvgIpc) is 2.62. The minimum Gasteiger partial charge on any atom is -0.452 e. The van der Waals surface area contributed by atoms with Gasteiger partial charge in [0.05, 0.1) is 31.8 Å². The number of nitrogens with one attached hydrogen (secondary N) is 1. The maximum atomic E-state index is 11.9. The van der Waals surface area contributed by atoms with Gasteiger partial charge in [-0.15, -0.1) is 0 Å². The molecule has 0 heterocycles. The molecule has 8 nitrogen and oxygen atoms in total. The van der Waals surface area contributed by atoms with Gasteiger partial charge in [-0.3, -0.25) is 14.9 Å². The van der Waals surface area contributed by atoms with Gasteiger partial charge in [-0.2, -0.15) is 5.26 Å². The highest BCUT2D eigenvalue weighted by Crippen LogP contribution is 2.26. The van der Waals surface area contributed by atoms with Crippen molar-refractivity contribution in [2.45, 2.75) is 0 Å². The molecule has 2 rings (SSSR count). The van der Waals surface area contributed by atoms with Crippen LogP contribution >= 0.6 is 23.2 Å². The smallest absolute Gasteiger partial charge is 0.340 e. The summed E-state index contributed by atoms with van der Waals surface area (Å²) in [5.74, 6) is -1.58. The van der Waals surface area contributed by atoms with Crippen molar-refractivity contribution in [2.24, 2.45) is 0 Å². The van der Waals surface area contributed by atoms with E-state index in [1.54, 1.807) is 6.07 Å². The van der Waals surface area contributed by atoms with E-state index in [4.69, 9.17) is 33.2 Å². The van der Waals surface area contributed by atoms with Gasteiger partial charge in [0.25, 0.3) is 11.6 Å². The fraction of sp³-hybridized carbons (Fsp3) is 0.0625. The fourth-order valence-corrected chi connectivity index (χ4v) is 2.28. The fourth-order valence-electron chi connectivity index (χ4n) is 1.90. The van der Waals surface area contributed by atoms with Crippen LogP contribution in [0.25, 0.3) is 0 Å². The van der Waals surface area contributed by atoms with Gasteiger partial charge in [0.1, 0.15) is 6.07 Å². The highest BCUT2D eigenvalue weighted by Gasteiger charge is 2.17. The standard InChI is InChI=1S/C16H9Cl2N3O5/c17-12-3-1-2-11(15(12)18)16(23)26-8-14(22)20-13-5-4-10(21(24)25)6-9(13)7-19/h1-6H,8H2,(H,20,22). The number of carbonyl (C=O) groups is 2. The van der Waals surface area contributed by atoms with Gasteiger partial charge in [0.2, 0.25) is 0 Å². The van der Waals surface area contributed by atoms with Crippen LogP contribution in [0.15, 0.2) is 36.4 Å². The summed E-state index contributed by atoms with van der Waals surface area (Å²) in [6, 6.07) is 9.49. The number of carbonyl (C=O) groups excluding carboxylic acids is 2. The molecule has 132 valence electrons. The molecule has 0 saturated carbocycles. The summed E-state index contributed by atoms with van der Waals surface area (Å²) >= 11 is 11.7. The van der Waals surface area contributed by atoms with Gasteiger partial charge in [-0.1, -0.05) is 29.3 Å². The van der Waals surface area contributed by atoms with Crippen molar-refractivity contribution in [1.29, 1.82) is 5.26 Å². The lowest BCUT2D eigenvalue weighted by atomic mass is 10.1. The average molecular weight is 394 g/mol. The number of halogens is 2. The van der Waals surface area contributed by atoms with Gasteiger partial charge in [0.15, 0.2) is 6.61 Å². The van der Waals surface area contributed by atoms with E-state index in [0.717, 1.165) is 12.1 Å². The summed E-state index contributed by atoms with van der Waals surface area (Å²) < 4.78 is 4.85. The number of nitrogens with zero attached hydrogens (tertiary/aromatic N) is 2. The Morgan fingerprint density at radius 2 is 2.00 bits per heavy atom. The Bertz CT molecular complexity index is 940. The zero-order valence-electron chi connectivity index (χ0n) is 12.9. The van der Waals surface area contributed by atoms with Crippen molar-refractivity contribution in [3.05, 3.63) is 67.7 Å². The monoisotopic (exact) mass is 393 g/mol. The number of nitro groups is 1. The number of nitro benzene ring substituents is 1. The largest absolute Gasteiger partial charge is 0.452 e. The molecule has 0 aromatic heterocycles. The number of rotatable bonds is 5. The molecule has 26 heavy (non-hydrogen) atoms. The van der Waals surface area contributed by atoms with Crippen LogP contribution in [-0.2, 0) is 9.53 Å². The number of nitriles is 1. The molecular weight excluding hydrogens is 385 g/mol. The van der Waals surface area contributed by atoms with Crippen molar-refractivity contribution < 1.29 is 19.2 Å². The molecule has 1 amide bonds. The number of hydrogen-bond acceptors (Lipinski definition) is 6. The first-order valence-corrected chi connectivity index (χ1v) is 7.68. The summed E-state index contributed by atoms with van der Waals surface area (Å²) in [7, 11) is 0. The van der Waals surface area contributed by atoms with Gasteiger partial charge < -0.3 is 10.1 Å². The molecule has 0 bridgehead atoms. The van der Waals surface area contributed by atoms with Gasteiger partial charge >= 0.3 is 5.97 Å². The SMILES string of the molecule is N#Cc1cc([N+](=O)[O-])ccc1NC(=O)COC(=O)c1cccc(Cl)c1Cl. The van der Waals surface area contributed by atoms with Crippen molar-refractivity contribution in [1.82, 2.24) is 0 Å². The summed E-state index contributed by atoms with van der Waals surface area (Å²) in [4.78, 5) is 33.9. The molecule has 2 aromatic carbocycles. The lowest BCUT2D eigenvalue weighted by Crippen LogP contribution is -2.21. The lowest BCUT2D eigenvalue weighted by molar-refractivity contribution is -0.384. The minimum absolute atomic E-state index is 0.0000152. The Balaban J connectivity index is 2.03. The number of anilines is 1. The van der Waals surface area contributed by atoms with Crippen molar-refractivity contribution in [3.63, 3.8) is 0 Å². The molecule has 0 atom stereocenters. The Hall–Kier alpha value is -3.15. The van der Waals surface area contributed by atoms with E-state index in [-0.39, 0.29) is 32.5 Å². The second kappa shape index (κ2) is 8.29. The molecule has 0 aliphatic rings. The molecule has 0 saturated heterocycles. The quantitative estimate of drug-likeness (QED) is 0.470. The molecule has 0 spiro atoms. The third kappa shape index (κ3) is 4.47. The van der Waals surface area contributed by atoms with Crippen LogP contribution in [-0.4, -0.2) is 23.4 Å². The first kappa shape index (κ1) is 19.2. The van der Waals surface area contributed by atoms with E-state index < -0.39 is 23.4 Å². The third-order valence-electron chi connectivity index (χ3n) is 3.11. The third-order valence-corrected chi connectivity index (χ3v) is 3.93. The van der Waals surface area contributed by atoms with E-state index >= 15 is 0 Å². The number of hydrogen-bond donors (Lipinski definition) is 1. The lowest BCUT2D eigenvalue weighted by Gasteiger charge is -2.09. The normalized spacial score (nSPS) is 9.88. The van der Waals surface area contributed by atoms with Crippen LogP contribution in [0.5, 0.6) is 0 Å². The van der Waals surface area contributed by atoms with Crippen molar-refractivity contribution in [3.8, 4) is 6.07 Å². The maximum absolute atomic E-state index is 11.9. The predicted octanol–water partition coefficient (Wildman–Crippen LogP) is 3.57. The van der Waals surface area contributed by atoms with Crippen LogP contribution in [0.4, 0.5) is 11.4 Å². The number of benzene rings is 2. The molecule has 0 aliphatic carbocycles. The van der Waals surface area contributed by atoms with Gasteiger partial charge in [-0.25, -0.2) is 4.79 Å². The predicted molar refractivity (Wildman–Crippen MR) is 93.2 cm³/mol. The molecule has 0 aliphatic heterocycles. The second-order valence-electron chi connectivity index (χ2n) is 4.82. The first-order chi connectivity index (χ1) is 12.3. The number of ether oxygens (including phenoxy) is 1. The van der Waals surface area contributed by atoms with Gasteiger partial charge in [0, 0.05) is 12.1 Å². The summed E-state index contributed by atoms with van der Waals surface area (Å²) in [6.45, 7) is -0.649. The number of esters is 1. The molecular formula is C16H9Cl2N3O5. The number of amides is 1.